The molecule has 4 nitrogen and oxygen atoms in total. The van der Waals surface area contributed by atoms with Crippen LogP contribution in [-0.4, -0.2) is 29.8 Å². The Labute approximate surface area is 161 Å². The molecule has 0 spiro atoms. The molecule has 1 heterocycles. The summed E-state index contributed by atoms with van der Waals surface area (Å²) in [5.74, 6) is -0.384. The fourth-order valence-corrected chi connectivity index (χ4v) is 4.15. The van der Waals surface area contributed by atoms with Gasteiger partial charge in [-0.3, -0.25) is 9.59 Å². The Bertz CT molecular complexity index is 863. The lowest BCUT2D eigenvalue weighted by molar-refractivity contribution is 0.0731. The number of benzene rings is 1. The van der Waals surface area contributed by atoms with E-state index in [1.54, 1.807) is 11.0 Å². The highest BCUT2D eigenvalue weighted by atomic mass is 35.5. The summed E-state index contributed by atoms with van der Waals surface area (Å²) in [4.78, 5) is 27.5. The van der Waals surface area contributed by atoms with Gasteiger partial charge in [0, 0.05) is 13.1 Å². The zero-order chi connectivity index (χ0) is 19.0. The molecule has 2 amide bonds. The summed E-state index contributed by atoms with van der Waals surface area (Å²) in [5.41, 5.74) is 1.00. The largest absolute Gasteiger partial charge is 0.338 e. The van der Waals surface area contributed by atoms with Gasteiger partial charge in [0.1, 0.15) is 5.82 Å². The molecule has 0 aliphatic heterocycles. The second-order valence-electron chi connectivity index (χ2n) is 6.70. The third-order valence-electron chi connectivity index (χ3n) is 4.76. The summed E-state index contributed by atoms with van der Waals surface area (Å²) in [6.07, 6.45) is 2.34. The van der Waals surface area contributed by atoms with Gasteiger partial charge in [0.25, 0.3) is 11.8 Å². The van der Waals surface area contributed by atoms with Gasteiger partial charge in [-0.05, 0) is 62.4 Å². The lowest BCUT2D eigenvalue weighted by atomic mass is 10.1. The molecule has 1 aromatic carbocycles. The molecule has 1 aromatic heterocycles. The fourth-order valence-electron chi connectivity index (χ4n) is 2.85. The first-order chi connectivity index (χ1) is 12.3. The van der Waals surface area contributed by atoms with Crippen molar-refractivity contribution in [3.8, 4) is 0 Å². The Morgan fingerprint density at radius 1 is 1.35 bits per heavy atom. The topological polar surface area (TPSA) is 49.4 Å². The maximum Gasteiger partial charge on any atom is 0.264 e. The number of carbonyl (C=O) groups excluding carboxylic acids is 2. The van der Waals surface area contributed by atoms with E-state index in [1.165, 1.54) is 36.3 Å². The number of anilines is 1. The van der Waals surface area contributed by atoms with E-state index in [-0.39, 0.29) is 22.5 Å². The molecule has 1 fully saturated rings. The predicted molar refractivity (Wildman–Crippen MR) is 103 cm³/mol. The summed E-state index contributed by atoms with van der Waals surface area (Å²) < 4.78 is 13.1. The summed E-state index contributed by atoms with van der Waals surface area (Å²) in [6, 6.07) is 5.59. The maximum atomic E-state index is 13.1. The van der Waals surface area contributed by atoms with Gasteiger partial charge in [-0.15, -0.1) is 11.3 Å². The van der Waals surface area contributed by atoms with Gasteiger partial charge in [-0.25, -0.2) is 4.39 Å². The molecule has 1 aliphatic rings. The van der Waals surface area contributed by atoms with Crippen molar-refractivity contribution in [3.05, 3.63) is 51.1 Å². The second kappa shape index (κ2) is 7.37. The highest BCUT2D eigenvalue weighted by Crippen LogP contribution is 2.36. The number of aryl methyl sites for hydroxylation is 1. The van der Waals surface area contributed by atoms with E-state index < -0.39 is 11.7 Å². The van der Waals surface area contributed by atoms with Crippen LogP contribution in [0.3, 0.4) is 0 Å². The number of halogens is 2. The van der Waals surface area contributed by atoms with E-state index >= 15 is 0 Å². The molecule has 1 aliphatic carbocycles. The Morgan fingerprint density at radius 3 is 2.65 bits per heavy atom. The first-order valence-corrected chi connectivity index (χ1v) is 9.61. The number of hydrogen-bond donors (Lipinski definition) is 1. The van der Waals surface area contributed by atoms with E-state index in [2.05, 4.69) is 12.2 Å². The van der Waals surface area contributed by atoms with Gasteiger partial charge >= 0.3 is 0 Å². The number of amides is 2. The standard InChI is InChI=1S/C19H20ClFN2O2S/c1-10-8-16(22-18(24)14-7-6-13(21)9-15(14)20)26-17(10)19(25)23(3)11(2)12-4-5-12/h6-9,11-12H,4-5H2,1-3H3,(H,22,24). The molecular formula is C19H20ClFN2O2S. The molecule has 0 saturated heterocycles. The number of hydrogen-bond acceptors (Lipinski definition) is 3. The van der Waals surface area contributed by atoms with Crippen molar-refractivity contribution in [1.82, 2.24) is 4.90 Å². The smallest absolute Gasteiger partial charge is 0.264 e. The minimum atomic E-state index is -0.501. The van der Waals surface area contributed by atoms with Crippen LogP contribution in [0, 0.1) is 18.7 Å². The molecule has 7 heteroatoms. The van der Waals surface area contributed by atoms with Crippen molar-refractivity contribution < 1.29 is 14.0 Å². The SMILES string of the molecule is Cc1cc(NC(=O)c2ccc(F)cc2Cl)sc1C(=O)N(C)C(C)C1CC1. The molecule has 1 N–H and O–H groups in total. The van der Waals surface area contributed by atoms with Crippen molar-refractivity contribution in [1.29, 1.82) is 0 Å². The minimum absolute atomic E-state index is 0.0350. The highest BCUT2D eigenvalue weighted by molar-refractivity contribution is 7.18. The third kappa shape index (κ3) is 3.91. The van der Waals surface area contributed by atoms with Gasteiger partial charge in [0.05, 0.1) is 20.5 Å². The average Bonchev–Trinajstić information content (AvgIpc) is 3.36. The lowest BCUT2D eigenvalue weighted by Gasteiger charge is -2.24. The van der Waals surface area contributed by atoms with Gasteiger partial charge in [-0.1, -0.05) is 11.6 Å². The first kappa shape index (κ1) is 18.9. The van der Waals surface area contributed by atoms with Crippen molar-refractivity contribution in [2.24, 2.45) is 5.92 Å². The molecule has 138 valence electrons. The Kier molecular flexibility index (Phi) is 5.34. The molecule has 1 saturated carbocycles. The second-order valence-corrected chi connectivity index (χ2v) is 8.15. The van der Waals surface area contributed by atoms with Gasteiger partial charge in [0.15, 0.2) is 0 Å². The number of thiophene rings is 1. The van der Waals surface area contributed by atoms with Crippen LogP contribution < -0.4 is 5.32 Å². The van der Waals surface area contributed by atoms with Crippen LogP contribution in [0.4, 0.5) is 9.39 Å². The molecule has 0 radical (unpaired) electrons. The number of rotatable bonds is 5. The molecular weight excluding hydrogens is 375 g/mol. The molecule has 1 unspecified atom stereocenters. The van der Waals surface area contributed by atoms with Crippen LogP contribution in [0.5, 0.6) is 0 Å². The van der Waals surface area contributed by atoms with Crippen molar-refractivity contribution >= 4 is 39.8 Å². The minimum Gasteiger partial charge on any atom is -0.338 e. The van der Waals surface area contributed by atoms with Crippen molar-refractivity contribution in [2.75, 3.05) is 12.4 Å². The van der Waals surface area contributed by atoms with Crippen molar-refractivity contribution in [3.63, 3.8) is 0 Å². The number of nitrogens with zero attached hydrogens (tertiary/aromatic N) is 1. The van der Waals surface area contributed by atoms with E-state index in [4.69, 9.17) is 11.6 Å². The average molecular weight is 395 g/mol. The molecule has 3 rings (SSSR count). The lowest BCUT2D eigenvalue weighted by Crippen LogP contribution is -2.36. The van der Waals surface area contributed by atoms with Gasteiger partial charge in [0.2, 0.25) is 0 Å². The fraction of sp³-hybridized carbons (Fsp3) is 0.368. The summed E-state index contributed by atoms with van der Waals surface area (Å²) >= 11 is 7.17. The van der Waals surface area contributed by atoms with Crippen LogP contribution in [0.25, 0.3) is 0 Å². The Morgan fingerprint density at radius 2 is 2.04 bits per heavy atom. The monoisotopic (exact) mass is 394 g/mol. The van der Waals surface area contributed by atoms with Crippen LogP contribution in [0.15, 0.2) is 24.3 Å². The molecule has 2 aromatic rings. The number of carbonyl (C=O) groups is 2. The van der Waals surface area contributed by atoms with E-state index in [0.717, 1.165) is 11.6 Å². The summed E-state index contributed by atoms with van der Waals surface area (Å²) in [7, 11) is 1.82. The van der Waals surface area contributed by atoms with Crippen molar-refractivity contribution in [2.45, 2.75) is 32.7 Å². The molecule has 0 bridgehead atoms. The third-order valence-corrected chi connectivity index (χ3v) is 6.21. The van der Waals surface area contributed by atoms with E-state index in [1.807, 2.05) is 14.0 Å². The maximum absolute atomic E-state index is 13.1. The first-order valence-electron chi connectivity index (χ1n) is 8.42. The van der Waals surface area contributed by atoms with E-state index in [9.17, 15) is 14.0 Å². The zero-order valence-corrected chi connectivity index (χ0v) is 16.4. The molecule has 1 atom stereocenters. The normalized spacial score (nSPS) is 14.8. The van der Waals surface area contributed by atoms with E-state index in [0.29, 0.717) is 15.8 Å². The van der Waals surface area contributed by atoms with Gasteiger partial charge in [-0.2, -0.15) is 0 Å². The molecule has 26 heavy (non-hydrogen) atoms. The van der Waals surface area contributed by atoms with Gasteiger partial charge < -0.3 is 10.2 Å². The zero-order valence-electron chi connectivity index (χ0n) is 14.8. The van der Waals surface area contributed by atoms with Crippen LogP contribution in [0.2, 0.25) is 5.02 Å². The summed E-state index contributed by atoms with van der Waals surface area (Å²) in [5, 5.41) is 3.35. The van der Waals surface area contributed by atoms with Crippen LogP contribution in [-0.2, 0) is 0 Å². The Balaban J connectivity index is 1.75. The quantitative estimate of drug-likeness (QED) is 0.778. The Hall–Kier alpha value is -1.92. The summed E-state index contributed by atoms with van der Waals surface area (Å²) in [6.45, 7) is 3.91. The van der Waals surface area contributed by atoms with Crippen LogP contribution in [0.1, 0.15) is 45.4 Å². The number of nitrogens with one attached hydrogen (secondary N) is 1. The van der Waals surface area contributed by atoms with Crippen LogP contribution >= 0.6 is 22.9 Å². The predicted octanol–water partition coefficient (Wildman–Crippen LogP) is 4.97. The highest BCUT2D eigenvalue weighted by Gasteiger charge is 2.33.